The molecule has 174 valence electrons. The first kappa shape index (κ1) is 23.6. The first-order valence-corrected chi connectivity index (χ1v) is 11.9. The number of nitrogens with one attached hydrogen (secondary N) is 1. The number of aryl methyl sites for hydroxylation is 2. The number of fused-ring (bicyclic) bond motifs is 1. The Morgan fingerprint density at radius 2 is 1.82 bits per heavy atom. The number of benzene rings is 3. The van der Waals surface area contributed by atoms with Crippen LogP contribution in [0.25, 0.3) is 16.6 Å². The summed E-state index contributed by atoms with van der Waals surface area (Å²) in [6.07, 6.45) is 0. The Morgan fingerprint density at radius 1 is 1.09 bits per heavy atom. The molecule has 1 unspecified atom stereocenters. The number of rotatable bonds is 7. The summed E-state index contributed by atoms with van der Waals surface area (Å²) in [5.74, 6) is 0.640. The second kappa shape index (κ2) is 10.1. The predicted octanol–water partition coefficient (Wildman–Crippen LogP) is 4.81. The lowest BCUT2D eigenvalue weighted by molar-refractivity contribution is -0.120. The van der Waals surface area contributed by atoms with E-state index in [0.29, 0.717) is 22.6 Å². The summed E-state index contributed by atoms with van der Waals surface area (Å²) < 4.78 is 6.80. The standard InChI is InChI=1S/C27H27N3O3S/c1-17-9-14-24(18(2)15-17)30-26(32)22-7-5-6-8-23(22)29-27(30)34-19(3)25(31)28-16-20-10-12-21(33-4)13-11-20/h5-15,19H,16H2,1-4H3,(H,28,31). The summed E-state index contributed by atoms with van der Waals surface area (Å²) in [6.45, 7) is 6.22. The lowest BCUT2D eigenvalue weighted by Crippen LogP contribution is -2.31. The summed E-state index contributed by atoms with van der Waals surface area (Å²) >= 11 is 1.28. The van der Waals surface area contributed by atoms with E-state index in [0.717, 1.165) is 28.1 Å². The SMILES string of the molecule is COc1ccc(CNC(=O)C(C)Sc2nc3ccccc3c(=O)n2-c2ccc(C)cc2C)cc1. The van der Waals surface area contributed by atoms with Gasteiger partial charge in [-0.05, 0) is 62.2 Å². The van der Waals surface area contributed by atoms with Gasteiger partial charge in [0.2, 0.25) is 5.91 Å². The van der Waals surface area contributed by atoms with Gasteiger partial charge >= 0.3 is 0 Å². The molecule has 1 atom stereocenters. The number of aromatic nitrogens is 2. The Balaban J connectivity index is 1.63. The van der Waals surface area contributed by atoms with Gasteiger partial charge in [-0.1, -0.05) is 53.7 Å². The Kier molecular flexibility index (Phi) is 7.03. The van der Waals surface area contributed by atoms with Gasteiger partial charge in [-0.3, -0.25) is 14.2 Å². The fraction of sp³-hybridized carbons (Fsp3) is 0.222. The fourth-order valence-corrected chi connectivity index (χ4v) is 4.69. The molecular weight excluding hydrogens is 446 g/mol. The average Bonchev–Trinajstić information content (AvgIpc) is 2.84. The molecule has 1 amide bonds. The number of amides is 1. The first-order valence-electron chi connectivity index (χ1n) is 11.0. The van der Waals surface area contributed by atoms with Gasteiger partial charge in [0.05, 0.1) is 29.0 Å². The quantitative estimate of drug-likeness (QED) is 0.308. The van der Waals surface area contributed by atoms with E-state index < -0.39 is 5.25 Å². The minimum Gasteiger partial charge on any atom is -0.497 e. The van der Waals surface area contributed by atoms with E-state index in [9.17, 15) is 9.59 Å². The third-order valence-corrected chi connectivity index (χ3v) is 6.67. The van der Waals surface area contributed by atoms with Crippen molar-refractivity contribution in [3.05, 3.63) is 93.8 Å². The molecule has 0 aliphatic rings. The van der Waals surface area contributed by atoms with E-state index in [1.54, 1.807) is 17.7 Å². The minimum atomic E-state index is -0.455. The van der Waals surface area contributed by atoms with Gasteiger partial charge in [-0.25, -0.2) is 4.98 Å². The topological polar surface area (TPSA) is 73.2 Å². The van der Waals surface area contributed by atoms with Crippen LogP contribution in [0.2, 0.25) is 0 Å². The van der Waals surface area contributed by atoms with E-state index in [-0.39, 0.29) is 11.5 Å². The smallest absolute Gasteiger partial charge is 0.266 e. The van der Waals surface area contributed by atoms with E-state index in [4.69, 9.17) is 9.72 Å². The molecule has 6 nitrogen and oxygen atoms in total. The van der Waals surface area contributed by atoms with Crippen LogP contribution >= 0.6 is 11.8 Å². The van der Waals surface area contributed by atoms with Gasteiger partial charge in [0.25, 0.3) is 5.56 Å². The van der Waals surface area contributed by atoms with E-state index in [2.05, 4.69) is 5.32 Å². The zero-order valence-corrected chi connectivity index (χ0v) is 20.5. The summed E-state index contributed by atoms with van der Waals surface area (Å²) in [5.41, 5.74) is 4.29. The zero-order chi connectivity index (χ0) is 24.2. The molecule has 0 saturated carbocycles. The molecule has 0 radical (unpaired) electrons. The van der Waals surface area contributed by atoms with Crippen LogP contribution in [-0.2, 0) is 11.3 Å². The van der Waals surface area contributed by atoms with Crippen LogP contribution in [0.15, 0.2) is 76.7 Å². The molecule has 4 rings (SSSR count). The Hall–Kier alpha value is -3.58. The maximum Gasteiger partial charge on any atom is 0.266 e. The van der Waals surface area contributed by atoms with Gasteiger partial charge in [0.15, 0.2) is 5.16 Å². The molecule has 1 aromatic heterocycles. The highest BCUT2D eigenvalue weighted by Crippen LogP contribution is 2.27. The molecule has 3 aromatic carbocycles. The molecule has 34 heavy (non-hydrogen) atoms. The van der Waals surface area contributed by atoms with Crippen molar-refractivity contribution in [2.45, 2.75) is 37.7 Å². The number of hydrogen-bond acceptors (Lipinski definition) is 5. The van der Waals surface area contributed by atoms with Crippen molar-refractivity contribution in [1.82, 2.24) is 14.9 Å². The molecule has 0 saturated heterocycles. The molecular formula is C27H27N3O3S. The van der Waals surface area contributed by atoms with Gasteiger partial charge in [0.1, 0.15) is 5.75 Å². The molecule has 4 aromatic rings. The first-order chi connectivity index (χ1) is 16.4. The highest BCUT2D eigenvalue weighted by molar-refractivity contribution is 8.00. The van der Waals surface area contributed by atoms with Crippen LogP contribution in [0, 0.1) is 13.8 Å². The van der Waals surface area contributed by atoms with Crippen molar-refractivity contribution >= 4 is 28.6 Å². The molecule has 1 N–H and O–H groups in total. The van der Waals surface area contributed by atoms with Crippen LogP contribution in [0.4, 0.5) is 0 Å². The van der Waals surface area contributed by atoms with Gasteiger partial charge in [-0.2, -0.15) is 0 Å². The highest BCUT2D eigenvalue weighted by Gasteiger charge is 2.21. The van der Waals surface area contributed by atoms with Crippen molar-refractivity contribution < 1.29 is 9.53 Å². The van der Waals surface area contributed by atoms with E-state index >= 15 is 0 Å². The van der Waals surface area contributed by atoms with Crippen molar-refractivity contribution in [2.24, 2.45) is 0 Å². The normalized spacial score (nSPS) is 11.9. The number of hydrogen-bond donors (Lipinski definition) is 1. The van der Waals surface area contributed by atoms with Crippen LogP contribution in [0.1, 0.15) is 23.6 Å². The Bertz CT molecular complexity index is 1400. The van der Waals surface area contributed by atoms with Crippen molar-refractivity contribution in [1.29, 1.82) is 0 Å². The van der Waals surface area contributed by atoms with Crippen LogP contribution in [0.3, 0.4) is 0 Å². The molecule has 1 heterocycles. The summed E-state index contributed by atoms with van der Waals surface area (Å²) in [4.78, 5) is 31.1. The molecule has 0 aliphatic heterocycles. The maximum absolute atomic E-state index is 13.5. The monoisotopic (exact) mass is 473 g/mol. The maximum atomic E-state index is 13.5. The van der Waals surface area contributed by atoms with Crippen molar-refractivity contribution in [3.63, 3.8) is 0 Å². The largest absolute Gasteiger partial charge is 0.497 e. The Labute approximate surface area is 203 Å². The zero-order valence-electron chi connectivity index (χ0n) is 19.7. The van der Waals surface area contributed by atoms with Gasteiger partial charge < -0.3 is 10.1 Å². The van der Waals surface area contributed by atoms with Crippen molar-refractivity contribution in [2.75, 3.05) is 7.11 Å². The predicted molar refractivity (Wildman–Crippen MR) is 137 cm³/mol. The lowest BCUT2D eigenvalue weighted by atomic mass is 10.1. The van der Waals surface area contributed by atoms with Gasteiger partial charge in [-0.15, -0.1) is 0 Å². The summed E-state index contributed by atoms with van der Waals surface area (Å²) in [7, 11) is 1.62. The number of nitrogens with zero attached hydrogens (tertiary/aromatic N) is 2. The number of ether oxygens (including phenoxy) is 1. The summed E-state index contributed by atoms with van der Waals surface area (Å²) in [6, 6.07) is 20.8. The molecule has 0 aliphatic carbocycles. The molecule has 7 heteroatoms. The van der Waals surface area contributed by atoms with E-state index in [1.807, 2.05) is 81.4 Å². The van der Waals surface area contributed by atoms with Crippen LogP contribution in [0.5, 0.6) is 5.75 Å². The number of carbonyl (C=O) groups is 1. The molecule has 0 bridgehead atoms. The summed E-state index contributed by atoms with van der Waals surface area (Å²) in [5, 5.41) is 3.55. The third-order valence-electron chi connectivity index (χ3n) is 5.62. The second-order valence-electron chi connectivity index (χ2n) is 8.17. The van der Waals surface area contributed by atoms with Crippen LogP contribution in [-0.4, -0.2) is 27.8 Å². The van der Waals surface area contributed by atoms with Crippen LogP contribution < -0.4 is 15.6 Å². The highest BCUT2D eigenvalue weighted by atomic mass is 32.2. The second-order valence-corrected chi connectivity index (χ2v) is 9.48. The number of methoxy groups -OCH3 is 1. The third kappa shape index (κ3) is 4.99. The average molecular weight is 474 g/mol. The molecule has 0 spiro atoms. The number of para-hydroxylation sites is 1. The Morgan fingerprint density at radius 3 is 2.53 bits per heavy atom. The van der Waals surface area contributed by atoms with Gasteiger partial charge in [0, 0.05) is 6.54 Å². The molecule has 0 fully saturated rings. The minimum absolute atomic E-state index is 0.129. The number of carbonyl (C=O) groups excluding carboxylic acids is 1. The number of thioether (sulfide) groups is 1. The fourth-order valence-electron chi connectivity index (χ4n) is 3.75. The van der Waals surface area contributed by atoms with E-state index in [1.165, 1.54) is 11.8 Å². The van der Waals surface area contributed by atoms with Crippen molar-refractivity contribution in [3.8, 4) is 11.4 Å². The lowest BCUT2D eigenvalue weighted by Gasteiger charge is -2.18.